The largest absolute Gasteiger partial charge is 0.385 e. The highest BCUT2D eigenvalue weighted by Crippen LogP contribution is 2.35. The number of nitrogens with zero attached hydrogens (tertiary/aromatic N) is 2. The first kappa shape index (κ1) is 15.8. The second-order valence-electron chi connectivity index (χ2n) is 6.01. The predicted molar refractivity (Wildman–Crippen MR) is 85.6 cm³/mol. The second-order valence-corrected chi connectivity index (χ2v) is 6.01. The van der Waals surface area contributed by atoms with Gasteiger partial charge < -0.3 is 15.5 Å². The molecule has 1 amide bonds. The maximum atomic E-state index is 12.3. The van der Waals surface area contributed by atoms with Crippen molar-refractivity contribution in [1.29, 1.82) is 0 Å². The summed E-state index contributed by atoms with van der Waals surface area (Å²) in [6, 6.07) is 3.70. The van der Waals surface area contributed by atoms with Gasteiger partial charge in [0.1, 0.15) is 5.69 Å². The minimum Gasteiger partial charge on any atom is -0.385 e. The maximum Gasteiger partial charge on any atom is 0.270 e. The molecule has 0 spiro atoms. The van der Waals surface area contributed by atoms with Gasteiger partial charge >= 0.3 is 0 Å². The fraction of sp³-hybridized carbons (Fsp3) is 0.625. The molecule has 1 aromatic heterocycles. The highest BCUT2D eigenvalue weighted by molar-refractivity contribution is 5.93. The van der Waals surface area contributed by atoms with Crippen molar-refractivity contribution in [2.75, 3.05) is 32.5 Å². The Balaban J connectivity index is 1.94. The Morgan fingerprint density at radius 1 is 1.43 bits per heavy atom. The lowest BCUT2D eigenvalue weighted by atomic mass is 9.75. The molecular formula is C16H26N4O. The first-order valence-corrected chi connectivity index (χ1v) is 7.73. The summed E-state index contributed by atoms with van der Waals surface area (Å²) in [6.45, 7) is 3.70. The molecule has 1 aliphatic carbocycles. The van der Waals surface area contributed by atoms with Crippen LogP contribution in [0.1, 0.15) is 43.1 Å². The van der Waals surface area contributed by atoms with Crippen molar-refractivity contribution in [2.24, 2.45) is 0 Å². The average Bonchev–Trinajstić information content (AvgIpc) is 2.43. The van der Waals surface area contributed by atoms with E-state index in [1.165, 1.54) is 6.42 Å². The van der Waals surface area contributed by atoms with Crippen LogP contribution in [0.15, 0.2) is 18.3 Å². The van der Waals surface area contributed by atoms with Gasteiger partial charge in [0.25, 0.3) is 5.91 Å². The fourth-order valence-corrected chi connectivity index (χ4v) is 2.64. The van der Waals surface area contributed by atoms with E-state index in [0.717, 1.165) is 31.5 Å². The van der Waals surface area contributed by atoms with Crippen LogP contribution in [0.2, 0.25) is 0 Å². The quantitative estimate of drug-likeness (QED) is 0.807. The number of anilines is 1. The predicted octanol–water partition coefficient (Wildman–Crippen LogP) is 2.12. The molecule has 0 saturated heterocycles. The van der Waals surface area contributed by atoms with E-state index >= 15 is 0 Å². The van der Waals surface area contributed by atoms with E-state index in [2.05, 4.69) is 41.5 Å². The molecule has 5 nitrogen and oxygen atoms in total. The Hall–Kier alpha value is -1.62. The van der Waals surface area contributed by atoms with Crippen LogP contribution in [0.4, 0.5) is 5.69 Å². The smallest absolute Gasteiger partial charge is 0.270 e. The summed E-state index contributed by atoms with van der Waals surface area (Å²) in [6.07, 6.45) is 6.26. The fourth-order valence-electron chi connectivity index (χ4n) is 2.64. The molecule has 21 heavy (non-hydrogen) atoms. The van der Waals surface area contributed by atoms with E-state index in [0.29, 0.717) is 12.2 Å². The number of hydrogen-bond donors (Lipinski definition) is 2. The molecule has 2 rings (SSSR count). The molecule has 2 N–H and O–H groups in total. The Morgan fingerprint density at radius 3 is 2.76 bits per heavy atom. The van der Waals surface area contributed by atoms with Crippen molar-refractivity contribution in [1.82, 2.24) is 15.2 Å². The van der Waals surface area contributed by atoms with Crippen molar-refractivity contribution in [3.05, 3.63) is 24.0 Å². The lowest BCUT2D eigenvalue weighted by molar-refractivity contribution is 0.0556. The maximum absolute atomic E-state index is 12.3. The topological polar surface area (TPSA) is 57.3 Å². The first-order valence-electron chi connectivity index (χ1n) is 7.73. The Labute approximate surface area is 127 Å². The molecule has 1 heterocycles. The van der Waals surface area contributed by atoms with E-state index < -0.39 is 0 Å². The zero-order valence-electron chi connectivity index (χ0n) is 13.3. The molecule has 0 aliphatic heterocycles. The zero-order valence-corrected chi connectivity index (χ0v) is 13.3. The minimum absolute atomic E-state index is 0.0942. The van der Waals surface area contributed by atoms with Crippen LogP contribution in [-0.4, -0.2) is 48.5 Å². The molecule has 0 atom stereocenters. The van der Waals surface area contributed by atoms with Crippen LogP contribution in [0.25, 0.3) is 0 Å². The van der Waals surface area contributed by atoms with Crippen LogP contribution in [0.3, 0.4) is 0 Å². The summed E-state index contributed by atoms with van der Waals surface area (Å²) in [5, 5.41) is 6.31. The molecule has 0 unspecified atom stereocenters. The lowest BCUT2D eigenvalue weighted by Crippen LogP contribution is -2.57. The van der Waals surface area contributed by atoms with Crippen molar-refractivity contribution in [3.8, 4) is 0 Å². The van der Waals surface area contributed by atoms with Gasteiger partial charge in [-0.2, -0.15) is 0 Å². The molecular weight excluding hydrogens is 264 g/mol. The normalized spacial score (nSPS) is 16.4. The minimum atomic E-state index is -0.0942. The van der Waals surface area contributed by atoms with E-state index in [4.69, 9.17) is 0 Å². The Kier molecular flexibility index (Phi) is 5.17. The van der Waals surface area contributed by atoms with Crippen molar-refractivity contribution in [2.45, 2.75) is 38.1 Å². The number of carbonyl (C=O) groups is 1. The lowest BCUT2D eigenvalue weighted by Gasteiger charge is -2.47. The van der Waals surface area contributed by atoms with Crippen LogP contribution in [0, 0.1) is 0 Å². The summed E-state index contributed by atoms with van der Waals surface area (Å²) >= 11 is 0. The first-order chi connectivity index (χ1) is 10.1. The molecule has 1 aliphatic rings. The van der Waals surface area contributed by atoms with Gasteiger partial charge in [0, 0.05) is 30.5 Å². The van der Waals surface area contributed by atoms with Gasteiger partial charge in [-0.25, -0.2) is 0 Å². The van der Waals surface area contributed by atoms with Crippen LogP contribution in [-0.2, 0) is 0 Å². The van der Waals surface area contributed by atoms with E-state index in [-0.39, 0.29) is 11.4 Å². The van der Waals surface area contributed by atoms with Gasteiger partial charge in [-0.3, -0.25) is 9.78 Å². The standard InChI is InChI=1S/C16H26N4O/c1-4-9-17-13-6-10-18-14(11-13)15(21)19-12-16(20(2)3)7-5-8-16/h6,10-11H,4-5,7-9,12H2,1-3H3,(H,17,18)(H,19,21). The van der Waals surface area contributed by atoms with Gasteiger partial charge in [0.05, 0.1) is 0 Å². The van der Waals surface area contributed by atoms with Gasteiger partial charge in [-0.1, -0.05) is 6.92 Å². The third-order valence-corrected chi connectivity index (χ3v) is 4.38. The number of carbonyl (C=O) groups excluding carboxylic acids is 1. The number of likely N-dealkylation sites (N-methyl/N-ethyl adjacent to an activating group) is 1. The number of hydrogen-bond acceptors (Lipinski definition) is 4. The molecule has 1 aromatic rings. The molecule has 116 valence electrons. The summed E-state index contributed by atoms with van der Waals surface area (Å²) in [7, 11) is 4.16. The average molecular weight is 290 g/mol. The number of rotatable bonds is 7. The van der Waals surface area contributed by atoms with Gasteiger partial charge in [0.15, 0.2) is 0 Å². The monoisotopic (exact) mass is 290 g/mol. The highest BCUT2D eigenvalue weighted by atomic mass is 16.1. The zero-order chi connectivity index (χ0) is 15.3. The summed E-state index contributed by atoms with van der Waals surface area (Å²) in [4.78, 5) is 18.7. The second kappa shape index (κ2) is 6.89. The van der Waals surface area contributed by atoms with E-state index in [1.54, 1.807) is 6.20 Å². The van der Waals surface area contributed by atoms with Crippen molar-refractivity contribution >= 4 is 11.6 Å². The number of aromatic nitrogens is 1. The number of nitrogens with one attached hydrogen (secondary N) is 2. The van der Waals surface area contributed by atoms with Gasteiger partial charge in [-0.05, 0) is 51.9 Å². The van der Waals surface area contributed by atoms with Crippen molar-refractivity contribution in [3.63, 3.8) is 0 Å². The summed E-state index contributed by atoms with van der Waals surface area (Å²) in [5.41, 5.74) is 1.56. The van der Waals surface area contributed by atoms with Crippen LogP contribution in [0.5, 0.6) is 0 Å². The van der Waals surface area contributed by atoms with Crippen molar-refractivity contribution < 1.29 is 4.79 Å². The number of amides is 1. The van der Waals surface area contributed by atoms with E-state index in [1.807, 2.05) is 12.1 Å². The number of pyridine rings is 1. The summed E-state index contributed by atoms with van der Waals surface area (Å²) < 4.78 is 0. The Morgan fingerprint density at radius 2 is 2.19 bits per heavy atom. The molecule has 5 heteroatoms. The van der Waals surface area contributed by atoms with Crippen LogP contribution >= 0.6 is 0 Å². The van der Waals surface area contributed by atoms with Gasteiger partial charge in [0.2, 0.25) is 0 Å². The summed E-state index contributed by atoms with van der Waals surface area (Å²) in [5.74, 6) is -0.0942. The molecule has 0 bridgehead atoms. The molecule has 1 fully saturated rings. The highest BCUT2D eigenvalue weighted by Gasteiger charge is 2.39. The third-order valence-electron chi connectivity index (χ3n) is 4.38. The molecule has 0 aromatic carbocycles. The van der Waals surface area contributed by atoms with Gasteiger partial charge in [-0.15, -0.1) is 0 Å². The molecule has 0 radical (unpaired) electrons. The van der Waals surface area contributed by atoms with Crippen LogP contribution < -0.4 is 10.6 Å². The van der Waals surface area contributed by atoms with E-state index in [9.17, 15) is 4.79 Å². The molecule has 1 saturated carbocycles. The third kappa shape index (κ3) is 3.73. The SMILES string of the molecule is CCCNc1ccnc(C(=O)NCC2(N(C)C)CCC2)c1. The Bertz CT molecular complexity index is 483.